The number of rotatable bonds is 3. The van der Waals surface area contributed by atoms with Gasteiger partial charge in [0.05, 0.1) is 6.61 Å². The van der Waals surface area contributed by atoms with Crippen molar-refractivity contribution in [1.82, 2.24) is 5.32 Å². The zero-order valence-electron chi connectivity index (χ0n) is 13.7. The standard InChI is InChI=1S/C19H29NO/c1-19(2,3)16-6-4-5-7-17(16)20-13-14-8-9-18-15(12-14)10-11-21-18/h8-9,12,16-17,20H,4-7,10-11,13H2,1-3H3. The maximum absolute atomic E-state index is 5.59. The minimum atomic E-state index is 0.407. The fourth-order valence-electron chi connectivity index (χ4n) is 4.01. The van der Waals surface area contributed by atoms with Gasteiger partial charge in [-0.1, -0.05) is 45.7 Å². The lowest BCUT2D eigenvalue weighted by Gasteiger charge is -2.41. The molecule has 3 rings (SSSR count). The van der Waals surface area contributed by atoms with Crippen LogP contribution in [0.1, 0.15) is 57.6 Å². The molecule has 0 spiro atoms. The van der Waals surface area contributed by atoms with E-state index < -0.39 is 0 Å². The highest BCUT2D eigenvalue weighted by atomic mass is 16.5. The third kappa shape index (κ3) is 3.42. The fourth-order valence-corrected chi connectivity index (χ4v) is 4.01. The molecule has 2 unspecified atom stereocenters. The van der Waals surface area contributed by atoms with Gasteiger partial charge in [0.25, 0.3) is 0 Å². The van der Waals surface area contributed by atoms with Crippen LogP contribution in [0.2, 0.25) is 0 Å². The van der Waals surface area contributed by atoms with Crippen LogP contribution >= 0.6 is 0 Å². The number of benzene rings is 1. The molecular weight excluding hydrogens is 258 g/mol. The van der Waals surface area contributed by atoms with Crippen molar-refractivity contribution in [1.29, 1.82) is 0 Å². The smallest absolute Gasteiger partial charge is 0.122 e. The van der Waals surface area contributed by atoms with Gasteiger partial charge in [-0.15, -0.1) is 0 Å². The molecule has 1 aromatic rings. The number of ether oxygens (including phenoxy) is 1. The molecule has 0 aromatic heterocycles. The maximum atomic E-state index is 5.59. The predicted molar refractivity (Wildman–Crippen MR) is 87.7 cm³/mol. The second-order valence-electron chi connectivity index (χ2n) is 7.78. The van der Waals surface area contributed by atoms with E-state index in [9.17, 15) is 0 Å². The largest absolute Gasteiger partial charge is 0.493 e. The molecule has 2 atom stereocenters. The average Bonchev–Trinajstić information content (AvgIpc) is 2.92. The number of fused-ring (bicyclic) bond motifs is 1. The summed E-state index contributed by atoms with van der Waals surface area (Å²) in [5, 5.41) is 3.84. The van der Waals surface area contributed by atoms with Crippen LogP contribution in [0.25, 0.3) is 0 Å². The van der Waals surface area contributed by atoms with Crippen LogP contribution in [-0.4, -0.2) is 12.6 Å². The molecule has 0 amide bonds. The number of hydrogen-bond acceptors (Lipinski definition) is 2. The highest BCUT2D eigenvalue weighted by Crippen LogP contribution is 2.38. The van der Waals surface area contributed by atoms with E-state index in [2.05, 4.69) is 44.3 Å². The first kappa shape index (κ1) is 14.9. The average molecular weight is 287 g/mol. The summed E-state index contributed by atoms with van der Waals surface area (Å²) in [6, 6.07) is 7.35. The molecule has 116 valence electrons. The van der Waals surface area contributed by atoms with Crippen LogP contribution in [0, 0.1) is 11.3 Å². The van der Waals surface area contributed by atoms with Gasteiger partial charge in [-0.25, -0.2) is 0 Å². The van der Waals surface area contributed by atoms with Crippen molar-refractivity contribution in [3.63, 3.8) is 0 Å². The molecule has 2 nitrogen and oxygen atoms in total. The van der Waals surface area contributed by atoms with E-state index in [1.165, 1.54) is 36.8 Å². The summed E-state index contributed by atoms with van der Waals surface area (Å²) in [5.74, 6) is 1.88. The number of nitrogens with one attached hydrogen (secondary N) is 1. The van der Waals surface area contributed by atoms with Gasteiger partial charge in [0, 0.05) is 19.0 Å². The fraction of sp³-hybridized carbons (Fsp3) is 0.684. The Hall–Kier alpha value is -1.02. The zero-order valence-corrected chi connectivity index (χ0v) is 13.7. The Morgan fingerprint density at radius 1 is 1.19 bits per heavy atom. The molecule has 21 heavy (non-hydrogen) atoms. The second kappa shape index (κ2) is 6.00. The van der Waals surface area contributed by atoms with E-state index in [0.29, 0.717) is 11.5 Å². The van der Waals surface area contributed by atoms with Crippen LogP contribution in [-0.2, 0) is 13.0 Å². The van der Waals surface area contributed by atoms with Crippen molar-refractivity contribution in [2.75, 3.05) is 6.61 Å². The molecule has 0 saturated heterocycles. The summed E-state index contributed by atoms with van der Waals surface area (Å²) in [4.78, 5) is 0. The quantitative estimate of drug-likeness (QED) is 0.894. The molecule has 1 N–H and O–H groups in total. The van der Waals surface area contributed by atoms with Crippen molar-refractivity contribution in [3.8, 4) is 5.75 Å². The van der Waals surface area contributed by atoms with Crippen molar-refractivity contribution in [2.45, 2.75) is 65.5 Å². The van der Waals surface area contributed by atoms with Crippen LogP contribution in [0.3, 0.4) is 0 Å². The van der Waals surface area contributed by atoms with Gasteiger partial charge in [0.2, 0.25) is 0 Å². The highest BCUT2D eigenvalue weighted by molar-refractivity contribution is 5.39. The maximum Gasteiger partial charge on any atom is 0.122 e. The highest BCUT2D eigenvalue weighted by Gasteiger charge is 2.33. The first-order valence-electron chi connectivity index (χ1n) is 8.52. The number of hydrogen-bond donors (Lipinski definition) is 1. The topological polar surface area (TPSA) is 21.3 Å². The summed E-state index contributed by atoms with van der Waals surface area (Å²) >= 11 is 0. The molecule has 1 aliphatic heterocycles. The molecule has 1 saturated carbocycles. The Labute approximate surface area is 129 Å². The summed E-state index contributed by atoms with van der Waals surface area (Å²) < 4.78 is 5.59. The monoisotopic (exact) mass is 287 g/mol. The van der Waals surface area contributed by atoms with E-state index in [-0.39, 0.29) is 0 Å². The Balaban J connectivity index is 1.63. The lowest BCUT2D eigenvalue weighted by molar-refractivity contribution is 0.130. The van der Waals surface area contributed by atoms with E-state index in [1.54, 1.807) is 0 Å². The molecule has 1 aromatic carbocycles. The van der Waals surface area contributed by atoms with Gasteiger partial charge < -0.3 is 10.1 Å². The lowest BCUT2D eigenvalue weighted by Crippen LogP contribution is -2.43. The summed E-state index contributed by atoms with van der Waals surface area (Å²) in [6.45, 7) is 9.02. The minimum absolute atomic E-state index is 0.407. The first-order valence-corrected chi connectivity index (χ1v) is 8.52. The molecule has 1 heterocycles. The van der Waals surface area contributed by atoms with E-state index in [1.807, 2.05) is 0 Å². The lowest BCUT2D eigenvalue weighted by atomic mass is 9.69. The Kier molecular flexibility index (Phi) is 4.26. The SMILES string of the molecule is CC(C)(C)C1CCCCC1NCc1ccc2c(c1)CCO2. The van der Waals surface area contributed by atoms with Crippen LogP contribution in [0.15, 0.2) is 18.2 Å². The Morgan fingerprint density at radius 2 is 2.00 bits per heavy atom. The third-order valence-corrected chi connectivity index (χ3v) is 5.20. The molecule has 1 aliphatic carbocycles. The van der Waals surface area contributed by atoms with Gasteiger partial charge in [0.1, 0.15) is 5.75 Å². The predicted octanol–water partition coefficient (Wildman–Crippen LogP) is 4.32. The Morgan fingerprint density at radius 3 is 2.81 bits per heavy atom. The first-order chi connectivity index (χ1) is 10.0. The molecule has 0 bridgehead atoms. The third-order valence-electron chi connectivity index (χ3n) is 5.20. The van der Waals surface area contributed by atoms with Crippen LogP contribution in [0.4, 0.5) is 0 Å². The van der Waals surface area contributed by atoms with Gasteiger partial charge in [-0.3, -0.25) is 0 Å². The molecule has 2 heteroatoms. The van der Waals surface area contributed by atoms with E-state index >= 15 is 0 Å². The Bertz CT molecular complexity index is 489. The molecule has 2 aliphatic rings. The normalized spacial score (nSPS) is 25.5. The van der Waals surface area contributed by atoms with Crippen molar-refractivity contribution < 1.29 is 4.74 Å². The second-order valence-corrected chi connectivity index (χ2v) is 7.78. The summed E-state index contributed by atoms with van der Waals surface area (Å²) in [5.41, 5.74) is 3.19. The van der Waals surface area contributed by atoms with Crippen molar-refractivity contribution >= 4 is 0 Å². The van der Waals surface area contributed by atoms with Gasteiger partial charge in [-0.05, 0) is 41.4 Å². The van der Waals surface area contributed by atoms with Gasteiger partial charge in [0.15, 0.2) is 0 Å². The molecule has 1 fully saturated rings. The summed E-state index contributed by atoms with van der Waals surface area (Å²) in [6.07, 6.45) is 6.55. The van der Waals surface area contributed by atoms with Crippen LogP contribution in [0.5, 0.6) is 5.75 Å². The zero-order chi connectivity index (χ0) is 14.9. The molecular formula is C19H29NO. The van der Waals surface area contributed by atoms with Crippen LogP contribution < -0.4 is 10.1 Å². The van der Waals surface area contributed by atoms with Crippen molar-refractivity contribution in [2.24, 2.45) is 11.3 Å². The van der Waals surface area contributed by atoms with Gasteiger partial charge in [-0.2, -0.15) is 0 Å². The minimum Gasteiger partial charge on any atom is -0.493 e. The molecule has 0 radical (unpaired) electrons. The van der Waals surface area contributed by atoms with Gasteiger partial charge >= 0.3 is 0 Å². The summed E-state index contributed by atoms with van der Waals surface area (Å²) in [7, 11) is 0. The van der Waals surface area contributed by atoms with Crippen molar-refractivity contribution in [3.05, 3.63) is 29.3 Å². The van der Waals surface area contributed by atoms with E-state index in [4.69, 9.17) is 4.74 Å². The van der Waals surface area contributed by atoms with E-state index in [0.717, 1.165) is 31.2 Å².